The molecule has 35 heavy (non-hydrogen) atoms. The number of rotatable bonds is 5. The Morgan fingerprint density at radius 1 is 0.714 bits per heavy atom. The normalized spacial score (nSPS) is 14.9. The van der Waals surface area contributed by atoms with Crippen molar-refractivity contribution in [3.63, 3.8) is 0 Å². The van der Waals surface area contributed by atoms with Gasteiger partial charge in [-0.3, -0.25) is 14.2 Å². The molecule has 0 bridgehead atoms. The first-order valence-electron chi connectivity index (χ1n) is 11.7. The van der Waals surface area contributed by atoms with Crippen LogP contribution < -0.4 is 10.5 Å². The number of amides is 1. The Hall–Kier alpha value is -4.51. The number of carbonyl (C=O) groups is 1. The third kappa shape index (κ3) is 3.71. The van der Waals surface area contributed by atoms with Gasteiger partial charge in [-0.05, 0) is 41.5 Å². The number of hydrogen-bond acceptors (Lipinski definition) is 3. The van der Waals surface area contributed by atoms with Gasteiger partial charge in [-0.15, -0.1) is 0 Å². The highest BCUT2D eigenvalue weighted by molar-refractivity contribution is 6.05. The lowest BCUT2D eigenvalue weighted by molar-refractivity contribution is -0.119. The molecule has 0 radical (unpaired) electrons. The lowest BCUT2D eigenvalue weighted by atomic mass is 9.95. The van der Waals surface area contributed by atoms with Crippen molar-refractivity contribution in [2.24, 2.45) is 0 Å². The average Bonchev–Trinajstić information content (AvgIpc) is 3.16. The van der Waals surface area contributed by atoms with E-state index in [-0.39, 0.29) is 17.9 Å². The molecule has 0 spiro atoms. The predicted octanol–water partition coefficient (Wildman–Crippen LogP) is 5.26. The Morgan fingerprint density at radius 3 is 2.17 bits per heavy atom. The van der Waals surface area contributed by atoms with Crippen molar-refractivity contribution >= 4 is 22.6 Å². The smallest absolute Gasteiger partial charge is 0.277 e. The molecular weight excluding hydrogens is 434 g/mol. The lowest BCUT2D eigenvalue weighted by Crippen LogP contribution is -2.31. The van der Waals surface area contributed by atoms with Crippen LogP contribution in [0.5, 0.6) is 0 Å². The number of carbonyl (C=O) groups excluding carboxylic acids is 1. The summed E-state index contributed by atoms with van der Waals surface area (Å²) in [5.41, 5.74) is 5.35. The van der Waals surface area contributed by atoms with Crippen LogP contribution in [0.25, 0.3) is 16.7 Å². The molecule has 0 saturated heterocycles. The van der Waals surface area contributed by atoms with Gasteiger partial charge in [0, 0.05) is 17.8 Å². The number of benzene rings is 4. The van der Waals surface area contributed by atoms with Gasteiger partial charge in [0.25, 0.3) is 5.56 Å². The fourth-order valence-corrected chi connectivity index (χ4v) is 4.93. The van der Waals surface area contributed by atoms with Gasteiger partial charge in [-0.2, -0.15) is 0 Å². The molecule has 1 aliphatic rings. The zero-order valence-corrected chi connectivity index (χ0v) is 19.0. The number of anilines is 1. The summed E-state index contributed by atoms with van der Waals surface area (Å²) in [5, 5.41) is 0. The van der Waals surface area contributed by atoms with Crippen LogP contribution in [0, 0.1) is 0 Å². The zero-order chi connectivity index (χ0) is 23.8. The largest absolute Gasteiger partial charge is 0.307 e. The van der Waals surface area contributed by atoms with Crippen LogP contribution in [0.2, 0.25) is 0 Å². The van der Waals surface area contributed by atoms with Crippen LogP contribution in [0.3, 0.4) is 0 Å². The molecule has 5 nitrogen and oxygen atoms in total. The molecule has 0 N–H and O–H groups in total. The van der Waals surface area contributed by atoms with Crippen molar-refractivity contribution in [3.05, 3.63) is 136 Å². The summed E-state index contributed by atoms with van der Waals surface area (Å²) >= 11 is 0. The van der Waals surface area contributed by atoms with Crippen molar-refractivity contribution in [3.8, 4) is 5.69 Å². The van der Waals surface area contributed by atoms with E-state index in [1.165, 1.54) is 0 Å². The van der Waals surface area contributed by atoms with E-state index in [1.54, 1.807) is 4.57 Å². The first-order valence-corrected chi connectivity index (χ1v) is 11.7. The summed E-state index contributed by atoms with van der Waals surface area (Å²) in [6, 6.07) is 35.0. The van der Waals surface area contributed by atoms with E-state index >= 15 is 0 Å². The predicted molar refractivity (Wildman–Crippen MR) is 138 cm³/mol. The first kappa shape index (κ1) is 21.1. The second-order valence-electron chi connectivity index (χ2n) is 8.75. The molecule has 0 saturated carbocycles. The Bertz CT molecular complexity index is 1590. The average molecular weight is 458 g/mol. The lowest BCUT2D eigenvalue weighted by Gasteiger charge is -2.18. The van der Waals surface area contributed by atoms with Crippen LogP contribution in [-0.4, -0.2) is 15.5 Å². The minimum absolute atomic E-state index is 0.00401. The number of para-hydroxylation sites is 4. The molecule has 1 unspecified atom stereocenters. The third-order valence-corrected chi connectivity index (χ3v) is 6.59. The monoisotopic (exact) mass is 457 g/mol. The fourth-order valence-electron chi connectivity index (χ4n) is 4.93. The summed E-state index contributed by atoms with van der Waals surface area (Å²) < 4.78 is 1.70. The summed E-state index contributed by atoms with van der Waals surface area (Å²) in [5.74, 6) is -0.462. The Morgan fingerprint density at radius 2 is 1.37 bits per heavy atom. The Kier molecular flexibility index (Phi) is 5.23. The van der Waals surface area contributed by atoms with Gasteiger partial charge in [-0.25, -0.2) is 4.98 Å². The van der Waals surface area contributed by atoms with Crippen LogP contribution in [0.4, 0.5) is 5.69 Å². The second kappa shape index (κ2) is 8.69. The van der Waals surface area contributed by atoms with Crippen LogP contribution in [-0.2, 0) is 17.8 Å². The highest BCUT2D eigenvalue weighted by Gasteiger charge is 2.38. The van der Waals surface area contributed by atoms with Crippen LogP contribution in [0.15, 0.2) is 114 Å². The number of fused-ring (bicyclic) bond motifs is 2. The van der Waals surface area contributed by atoms with Gasteiger partial charge < -0.3 is 4.90 Å². The van der Waals surface area contributed by atoms with E-state index in [4.69, 9.17) is 4.98 Å². The van der Waals surface area contributed by atoms with E-state index in [0.29, 0.717) is 12.2 Å². The minimum Gasteiger partial charge on any atom is -0.307 e. The van der Waals surface area contributed by atoms with Crippen molar-refractivity contribution in [2.45, 2.75) is 18.9 Å². The van der Waals surface area contributed by atoms with Gasteiger partial charge in [0.2, 0.25) is 5.91 Å². The molecule has 0 aliphatic carbocycles. The minimum atomic E-state index is -0.458. The summed E-state index contributed by atoms with van der Waals surface area (Å²) in [4.78, 5) is 34.0. The van der Waals surface area contributed by atoms with Crippen molar-refractivity contribution in [2.75, 3.05) is 4.90 Å². The molecule has 6 rings (SSSR count). The molecular formula is C30H23N3O2. The highest BCUT2D eigenvalue weighted by atomic mass is 16.2. The molecule has 1 aromatic heterocycles. The molecule has 5 aromatic rings. The van der Waals surface area contributed by atoms with Gasteiger partial charge in [0.15, 0.2) is 0 Å². The Labute approximate surface area is 202 Å². The van der Waals surface area contributed by atoms with Crippen LogP contribution >= 0.6 is 0 Å². The SMILES string of the molecule is O=C1C(Cc2nc3ccccc3n(-c3ccccc3)c2=O)c2ccccc2N1Cc1ccccc1. The van der Waals surface area contributed by atoms with Crippen molar-refractivity contribution in [1.29, 1.82) is 0 Å². The van der Waals surface area contributed by atoms with Crippen molar-refractivity contribution in [1.82, 2.24) is 9.55 Å². The molecule has 1 aliphatic heterocycles. The number of nitrogens with zero attached hydrogens (tertiary/aromatic N) is 3. The van der Waals surface area contributed by atoms with Gasteiger partial charge in [0.1, 0.15) is 5.69 Å². The van der Waals surface area contributed by atoms with E-state index in [9.17, 15) is 9.59 Å². The maximum absolute atomic E-state index is 13.7. The molecule has 1 amide bonds. The zero-order valence-electron chi connectivity index (χ0n) is 19.0. The summed E-state index contributed by atoms with van der Waals surface area (Å²) in [7, 11) is 0. The van der Waals surface area contributed by atoms with Crippen molar-refractivity contribution < 1.29 is 4.79 Å². The molecule has 0 fully saturated rings. The summed E-state index contributed by atoms with van der Waals surface area (Å²) in [6.07, 6.45) is 0.248. The first-order chi connectivity index (χ1) is 17.2. The van der Waals surface area contributed by atoms with Gasteiger partial charge in [-0.1, -0.05) is 78.9 Å². The highest BCUT2D eigenvalue weighted by Crippen LogP contribution is 2.39. The molecule has 170 valence electrons. The standard InChI is InChI=1S/C30H23N3O2/c34-29-24(23-15-7-9-17-27(23)32(29)20-21-11-3-1-4-12-21)19-26-30(35)33(22-13-5-2-6-14-22)28-18-10-8-16-25(28)31-26/h1-18,24H,19-20H2. The summed E-state index contributed by atoms with van der Waals surface area (Å²) in [6.45, 7) is 0.493. The van der Waals surface area contributed by atoms with Crippen LogP contribution in [0.1, 0.15) is 22.7 Å². The van der Waals surface area contributed by atoms with E-state index in [1.807, 2.05) is 114 Å². The maximum Gasteiger partial charge on any atom is 0.277 e. The van der Waals surface area contributed by atoms with E-state index in [0.717, 1.165) is 33.5 Å². The Balaban J connectivity index is 1.44. The maximum atomic E-state index is 13.7. The topological polar surface area (TPSA) is 55.2 Å². The molecule has 4 aromatic carbocycles. The molecule has 2 heterocycles. The number of aromatic nitrogens is 2. The van der Waals surface area contributed by atoms with Gasteiger partial charge in [0.05, 0.1) is 23.5 Å². The third-order valence-electron chi connectivity index (χ3n) is 6.59. The van der Waals surface area contributed by atoms with Gasteiger partial charge >= 0.3 is 0 Å². The van der Waals surface area contributed by atoms with E-state index < -0.39 is 5.92 Å². The van der Waals surface area contributed by atoms with E-state index in [2.05, 4.69) is 0 Å². The molecule has 1 atom stereocenters. The second-order valence-corrected chi connectivity index (χ2v) is 8.75. The quantitative estimate of drug-likeness (QED) is 0.362. The number of hydrogen-bond donors (Lipinski definition) is 0. The molecule has 5 heteroatoms. The fraction of sp³-hybridized carbons (Fsp3) is 0.100.